The second-order valence-corrected chi connectivity index (χ2v) is 12.2. The van der Waals surface area contributed by atoms with Crippen LogP contribution in [0.1, 0.15) is 64.7 Å². The first-order valence-corrected chi connectivity index (χ1v) is 13.0. The van der Waals surface area contributed by atoms with Crippen molar-refractivity contribution in [1.29, 1.82) is 0 Å². The first kappa shape index (κ1) is 19.7. The summed E-state index contributed by atoms with van der Waals surface area (Å²) >= 11 is 0. The smallest absolute Gasteiger partial charge is 0.159 e. The number of fused-ring (bicyclic) bond motifs is 8. The zero-order valence-corrected chi connectivity index (χ0v) is 19.1. The summed E-state index contributed by atoms with van der Waals surface area (Å²) in [5.41, 5.74) is 1.59. The Labute approximate surface area is 189 Å². The molecule has 1 N–H and O–H groups in total. The van der Waals surface area contributed by atoms with Gasteiger partial charge in [-0.05, 0) is 111 Å². The van der Waals surface area contributed by atoms with Gasteiger partial charge >= 0.3 is 0 Å². The zero-order chi connectivity index (χ0) is 21.7. The molecule has 0 bridgehead atoms. The molecule has 5 fully saturated rings. The van der Waals surface area contributed by atoms with E-state index >= 15 is 0 Å². The molecule has 0 spiro atoms. The van der Waals surface area contributed by atoms with Crippen LogP contribution in [0.3, 0.4) is 0 Å². The molecule has 0 amide bonds. The highest BCUT2D eigenvalue weighted by atomic mass is 16.3. The Bertz CT molecular complexity index is 1050. The number of ketones is 1. The summed E-state index contributed by atoms with van der Waals surface area (Å²) in [4.78, 5) is 15.1. The molecule has 1 aromatic carbocycles. The molecule has 5 aliphatic rings. The molecule has 0 radical (unpaired) electrons. The van der Waals surface area contributed by atoms with Crippen LogP contribution in [0.15, 0.2) is 24.3 Å². The molecule has 2 aromatic rings. The SMILES string of the molecule is C[C@]12CC[C@@H]3[C@H]4CC[C@]5(O)CC5[C@H]4CC[C@H]3[C@@H]1CC[C@@H]2C(=O)Cn1nc2ccccc2n1. The zero-order valence-electron chi connectivity index (χ0n) is 19.1. The van der Waals surface area contributed by atoms with Gasteiger partial charge < -0.3 is 5.11 Å². The van der Waals surface area contributed by atoms with Crippen molar-refractivity contribution in [1.82, 2.24) is 15.0 Å². The molecule has 1 aromatic heterocycles. The monoisotopic (exact) mass is 433 g/mol. The second kappa shape index (κ2) is 6.65. The minimum atomic E-state index is -0.284. The Morgan fingerprint density at radius 1 is 0.938 bits per heavy atom. The van der Waals surface area contributed by atoms with E-state index in [0.29, 0.717) is 24.2 Å². The van der Waals surface area contributed by atoms with E-state index in [9.17, 15) is 9.90 Å². The average Bonchev–Trinajstić information content (AvgIpc) is 3.13. The van der Waals surface area contributed by atoms with Crippen molar-refractivity contribution in [3.63, 3.8) is 0 Å². The Morgan fingerprint density at radius 3 is 2.31 bits per heavy atom. The number of Topliss-reactive ketones (excluding diaryl/α,β-unsaturated/α-hetero) is 1. The number of carbonyl (C=O) groups excluding carboxylic acids is 1. The Kier molecular flexibility index (Phi) is 4.09. The van der Waals surface area contributed by atoms with E-state index in [1.54, 1.807) is 4.80 Å². The molecule has 0 aliphatic heterocycles. The molecule has 0 saturated heterocycles. The predicted molar refractivity (Wildman–Crippen MR) is 122 cm³/mol. The van der Waals surface area contributed by atoms with Gasteiger partial charge in [-0.3, -0.25) is 4.79 Å². The highest BCUT2D eigenvalue weighted by molar-refractivity contribution is 5.82. The van der Waals surface area contributed by atoms with Crippen LogP contribution in [0.25, 0.3) is 11.0 Å². The molecular weight excluding hydrogens is 398 g/mol. The summed E-state index contributed by atoms with van der Waals surface area (Å²) in [5.74, 6) is 5.03. The van der Waals surface area contributed by atoms with Crippen LogP contribution in [-0.4, -0.2) is 31.5 Å². The average molecular weight is 434 g/mol. The molecule has 5 nitrogen and oxygen atoms in total. The fraction of sp³-hybridized carbons (Fsp3) is 0.741. The number of nitrogens with zero attached hydrogens (tertiary/aromatic N) is 3. The molecule has 170 valence electrons. The third kappa shape index (κ3) is 2.69. The van der Waals surface area contributed by atoms with E-state index < -0.39 is 0 Å². The van der Waals surface area contributed by atoms with Gasteiger partial charge in [-0.1, -0.05) is 19.1 Å². The third-order valence-electron chi connectivity index (χ3n) is 11.0. The van der Waals surface area contributed by atoms with E-state index in [-0.39, 0.29) is 16.9 Å². The Morgan fingerprint density at radius 2 is 1.59 bits per heavy atom. The van der Waals surface area contributed by atoms with Crippen molar-refractivity contribution < 1.29 is 9.90 Å². The lowest BCUT2D eigenvalue weighted by Crippen LogP contribution is -2.50. The van der Waals surface area contributed by atoms with Crippen molar-refractivity contribution in [3.8, 4) is 0 Å². The molecule has 5 heteroatoms. The first-order valence-electron chi connectivity index (χ1n) is 13.0. The topological polar surface area (TPSA) is 68.0 Å². The maximum Gasteiger partial charge on any atom is 0.159 e. The van der Waals surface area contributed by atoms with E-state index in [4.69, 9.17) is 0 Å². The summed E-state index contributed by atoms with van der Waals surface area (Å²) in [6.45, 7) is 2.74. The summed E-state index contributed by atoms with van der Waals surface area (Å²) < 4.78 is 0. The Balaban J connectivity index is 1.09. The van der Waals surface area contributed by atoms with Crippen molar-refractivity contribution >= 4 is 16.8 Å². The van der Waals surface area contributed by atoms with E-state index in [1.807, 2.05) is 24.3 Å². The van der Waals surface area contributed by atoms with Crippen LogP contribution in [-0.2, 0) is 11.3 Å². The number of hydrogen-bond acceptors (Lipinski definition) is 4. The molecule has 1 heterocycles. The molecule has 32 heavy (non-hydrogen) atoms. The highest BCUT2D eigenvalue weighted by Crippen LogP contribution is 2.68. The second-order valence-electron chi connectivity index (χ2n) is 12.2. The lowest BCUT2D eigenvalue weighted by atomic mass is 9.49. The Hall–Kier alpha value is -1.75. The number of benzene rings is 1. The lowest BCUT2D eigenvalue weighted by molar-refractivity contribution is -0.132. The lowest BCUT2D eigenvalue weighted by Gasteiger charge is -2.56. The van der Waals surface area contributed by atoms with Gasteiger partial charge in [0.25, 0.3) is 0 Å². The van der Waals surface area contributed by atoms with Crippen LogP contribution in [0.4, 0.5) is 0 Å². The van der Waals surface area contributed by atoms with Crippen LogP contribution in [0, 0.1) is 46.8 Å². The molecule has 5 aliphatic carbocycles. The molecule has 1 unspecified atom stereocenters. The van der Waals surface area contributed by atoms with Crippen LogP contribution in [0.2, 0.25) is 0 Å². The van der Waals surface area contributed by atoms with Crippen molar-refractivity contribution in [3.05, 3.63) is 24.3 Å². The number of aromatic nitrogens is 3. The summed E-state index contributed by atoms with van der Waals surface area (Å²) in [6.07, 6.45) is 10.7. The summed E-state index contributed by atoms with van der Waals surface area (Å²) in [7, 11) is 0. The largest absolute Gasteiger partial charge is 0.390 e. The third-order valence-corrected chi connectivity index (χ3v) is 11.0. The molecule has 5 saturated carbocycles. The first-order chi connectivity index (χ1) is 15.5. The van der Waals surface area contributed by atoms with Gasteiger partial charge in [-0.2, -0.15) is 15.0 Å². The fourth-order valence-electron chi connectivity index (χ4n) is 9.44. The molecular formula is C27H35N3O2. The summed E-state index contributed by atoms with van der Waals surface area (Å²) in [6, 6.07) is 7.85. The van der Waals surface area contributed by atoms with Crippen molar-refractivity contribution in [2.24, 2.45) is 46.8 Å². The van der Waals surface area contributed by atoms with E-state index in [1.165, 1.54) is 38.5 Å². The van der Waals surface area contributed by atoms with Gasteiger partial charge in [0.2, 0.25) is 0 Å². The molecule has 9 atom stereocenters. The van der Waals surface area contributed by atoms with Crippen LogP contribution < -0.4 is 0 Å². The molecule has 7 rings (SSSR count). The van der Waals surface area contributed by atoms with E-state index in [0.717, 1.165) is 54.0 Å². The minimum absolute atomic E-state index is 0.145. The van der Waals surface area contributed by atoms with Gasteiger partial charge in [-0.15, -0.1) is 0 Å². The fourth-order valence-corrected chi connectivity index (χ4v) is 9.44. The van der Waals surface area contributed by atoms with Gasteiger partial charge in [0.05, 0.1) is 5.60 Å². The summed E-state index contributed by atoms with van der Waals surface area (Å²) in [5, 5.41) is 19.8. The maximum atomic E-state index is 13.5. The van der Waals surface area contributed by atoms with Gasteiger partial charge in [-0.25, -0.2) is 0 Å². The van der Waals surface area contributed by atoms with Crippen molar-refractivity contribution in [2.75, 3.05) is 0 Å². The standard InChI is InChI=1S/C27H35N3O2/c1-26-12-10-16-17-11-13-27(32)14-22(27)19(17)7-6-18(16)20(26)8-9-21(26)25(31)15-30-28-23-4-2-3-5-24(23)29-30/h2-5,16-22,32H,6-15H2,1H3/t16-,17-,18-,19+,20+,21-,22?,26+,27+/m1/s1. The van der Waals surface area contributed by atoms with E-state index in [2.05, 4.69) is 17.1 Å². The normalized spacial score (nSPS) is 46.8. The number of rotatable bonds is 3. The number of hydrogen-bond donors (Lipinski definition) is 1. The van der Waals surface area contributed by atoms with Gasteiger partial charge in [0.1, 0.15) is 17.6 Å². The quantitative estimate of drug-likeness (QED) is 0.766. The van der Waals surface area contributed by atoms with Crippen LogP contribution in [0.5, 0.6) is 0 Å². The predicted octanol–water partition coefficient (Wildman–Crippen LogP) is 4.63. The van der Waals surface area contributed by atoms with Crippen molar-refractivity contribution in [2.45, 2.75) is 76.9 Å². The van der Waals surface area contributed by atoms with Gasteiger partial charge in [0.15, 0.2) is 5.78 Å². The van der Waals surface area contributed by atoms with Crippen LogP contribution >= 0.6 is 0 Å². The number of aliphatic hydroxyl groups is 1. The number of carbonyl (C=O) groups is 1. The minimum Gasteiger partial charge on any atom is -0.390 e. The highest BCUT2D eigenvalue weighted by Gasteiger charge is 2.65. The van der Waals surface area contributed by atoms with Gasteiger partial charge in [0, 0.05) is 5.92 Å². The maximum absolute atomic E-state index is 13.5.